The molecule has 1 aliphatic carbocycles. The number of esters is 1. The van der Waals surface area contributed by atoms with Crippen LogP contribution in [0.1, 0.15) is 51.0 Å². The molecule has 0 amide bonds. The number of carbonyl (C=O) groups excluding carboxylic acids is 2. The van der Waals surface area contributed by atoms with E-state index in [2.05, 4.69) is 0 Å². The highest BCUT2D eigenvalue weighted by Gasteiger charge is 2.41. The molecular weight excluding hydrogens is 252 g/mol. The number of hydrogen-bond donors (Lipinski definition) is 0. The Morgan fingerprint density at radius 3 is 2.35 bits per heavy atom. The molecule has 1 aromatic carbocycles. The molecule has 1 aliphatic rings. The fraction of sp³-hybridized carbons (Fsp3) is 0.529. The average molecular weight is 274 g/mol. The van der Waals surface area contributed by atoms with Gasteiger partial charge in [-0.05, 0) is 37.7 Å². The number of benzene rings is 1. The Balaban J connectivity index is 2.01. The molecule has 0 unspecified atom stereocenters. The van der Waals surface area contributed by atoms with Gasteiger partial charge < -0.3 is 4.74 Å². The average Bonchev–Trinajstić information content (AvgIpc) is 2.46. The van der Waals surface area contributed by atoms with Crippen LogP contribution >= 0.6 is 0 Å². The molecule has 1 saturated carbocycles. The van der Waals surface area contributed by atoms with Gasteiger partial charge in [0.25, 0.3) is 0 Å². The standard InChI is InChI=1S/C17H22O3/c1-14(18)20-17(12-6-3-7-13-17)16(19)11-10-15-8-4-2-5-9-15/h2,4-5,8-9H,3,6-7,10-13H2,1H3. The molecule has 0 N–H and O–H groups in total. The Labute approximate surface area is 120 Å². The summed E-state index contributed by atoms with van der Waals surface area (Å²) in [7, 11) is 0. The number of ketones is 1. The second-order valence-electron chi connectivity index (χ2n) is 5.56. The zero-order valence-electron chi connectivity index (χ0n) is 12.1. The SMILES string of the molecule is CC(=O)OC1(C(=O)CCc2ccccc2)CCCCC1. The van der Waals surface area contributed by atoms with Crippen molar-refractivity contribution in [2.24, 2.45) is 0 Å². The molecule has 0 bridgehead atoms. The molecule has 0 radical (unpaired) electrons. The van der Waals surface area contributed by atoms with E-state index in [4.69, 9.17) is 4.74 Å². The van der Waals surface area contributed by atoms with E-state index >= 15 is 0 Å². The lowest BCUT2D eigenvalue weighted by atomic mass is 9.79. The van der Waals surface area contributed by atoms with Crippen molar-refractivity contribution in [1.29, 1.82) is 0 Å². The number of rotatable bonds is 5. The van der Waals surface area contributed by atoms with Crippen LogP contribution in [-0.4, -0.2) is 17.4 Å². The molecular formula is C17H22O3. The van der Waals surface area contributed by atoms with Gasteiger partial charge in [-0.15, -0.1) is 0 Å². The lowest BCUT2D eigenvalue weighted by Crippen LogP contribution is -2.44. The van der Waals surface area contributed by atoms with E-state index in [1.54, 1.807) is 0 Å². The summed E-state index contributed by atoms with van der Waals surface area (Å²) in [5, 5.41) is 0. The van der Waals surface area contributed by atoms with E-state index in [0.29, 0.717) is 25.7 Å². The van der Waals surface area contributed by atoms with Gasteiger partial charge in [-0.25, -0.2) is 0 Å². The summed E-state index contributed by atoms with van der Waals surface area (Å²) < 4.78 is 5.44. The summed E-state index contributed by atoms with van der Waals surface area (Å²) in [5.74, 6) is -0.267. The molecule has 0 spiro atoms. The van der Waals surface area contributed by atoms with Crippen LogP contribution in [0, 0.1) is 0 Å². The minimum atomic E-state index is -0.848. The molecule has 0 atom stereocenters. The summed E-state index contributed by atoms with van der Waals surface area (Å²) in [4.78, 5) is 23.9. The zero-order valence-corrected chi connectivity index (χ0v) is 12.1. The number of carbonyl (C=O) groups is 2. The maximum atomic E-state index is 12.6. The van der Waals surface area contributed by atoms with Crippen LogP contribution in [0.4, 0.5) is 0 Å². The molecule has 2 rings (SSSR count). The Kier molecular flexibility index (Phi) is 4.94. The van der Waals surface area contributed by atoms with Crippen molar-refractivity contribution < 1.29 is 14.3 Å². The second-order valence-corrected chi connectivity index (χ2v) is 5.56. The minimum absolute atomic E-state index is 0.0799. The lowest BCUT2D eigenvalue weighted by molar-refractivity contribution is -0.169. The predicted octanol–water partition coefficient (Wildman–Crippen LogP) is 3.45. The van der Waals surface area contributed by atoms with Crippen LogP contribution in [0.2, 0.25) is 0 Å². The molecule has 0 aromatic heterocycles. The summed E-state index contributed by atoms with van der Waals surface area (Å²) >= 11 is 0. The third kappa shape index (κ3) is 3.69. The Hall–Kier alpha value is -1.64. The van der Waals surface area contributed by atoms with Crippen molar-refractivity contribution in [3.05, 3.63) is 35.9 Å². The van der Waals surface area contributed by atoms with E-state index in [-0.39, 0.29) is 11.8 Å². The van der Waals surface area contributed by atoms with Gasteiger partial charge in [0.2, 0.25) is 0 Å². The van der Waals surface area contributed by atoms with Gasteiger partial charge in [0.15, 0.2) is 11.4 Å². The van der Waals surface area contributed by atoms with Gasteiger partial charge in [-0.2, -0.15) is 0 Å². The van der Waals surface area contributed by atoms with Crippen molar-refractivity contribution in [2.45, 2.75) is 57.5 Å². The molecule has 3 nitrogen and oxygen atoms in total. The number of ether oxygens (including phenoxy) is 1. The molecule has 108 valence electrons. The molecule has 0 saturated heterocycles. The minimum Gasteiger partial charge on any atom is -0.451 e. The molecule has 1 fully saturated rings. The highest BCUT2D eigenvalue weighted by Crippen LogP contribution is 2.34. The van der Waals surface area contributed by atoms with Gasteiger partial charge in [0, 0.05) is 13.3 Å². The van der Waals surface area contributed by atoms with Gasteiger partial charge in [-0.3, -0.25) is 9.59 Å². The third-order valence-corrected chi connectivity index (χ3v) is 3.99. The summed E-state index contributed by atoms with van der Waals surface area (Å²) in [6, 6.07) is 9.95. The topological polar surface area (TPSA) is 43.4 Å². The Morgan fingerprint density at radius 1 is 1.10 bits per heavy atom. The highest BCUT2D eigenvalue weighted by atomic mass is 16.6. The second kappa shape index (κ2) is 6.69. The van der Waals surface area contributed by atoms with Crippen LogP contribution in [-0.2, 0) is 20.7 Å². The number of aryl methyl sites for hydroxylation is 1. The van der Waals surface area contributed by atoms with Crippen LogP contribution in [0.5, 0.6) is 0 Å². The van der Waals surface area contributed by atoms with Crippen molar-refractivity contribution in [3.8, 4) is 0 Å². The first kappa shape index (κ1) is 14.8. The zero-order chi connectivity index (χ0) is 14.4. The fourth-order valence-corrected chi connectivity index (χ4v) is 2.97. The van der Waals surface area contributed by atoms with E-state index in [1.807, 2.05) is 30.3 Å². The molecule has 3 heteroatoms. The maximum Gasteiger partial charge on any atom is 0.303 e. The lowest BCUT2D eigenvalue weighted by Gasteiger charge is -2.35. The number of hydrogen-bond acceptors (Lipinski definition) is 3. The van der Waals surface area contributed by atoms with Gasteiger partial charge >= 0.3 is 5.97 Å². The van der Waals surface area contributed by atoms with E-state index in [0.717, 1.165) is 24.8 Å². The predicted molar refractivity (Wildman–Crippen MR) is 77.4 cm³/mol. The smallest absolute Gasteiger partial charge is 0.303 e. The first-order chi connectivity index (χ1) is 9.62. The molecule has 0 aliphatic heterocycles. The maximum absolute atomic E-state index is 12.6. The van der Waals surface area contributed by atoms with E-state index in [1.165, 1.54) is 6.92 Å². The van der Waals surface area contributed by atoms with Gasteiger partial charge in [-0.1, -0.05) is 36.8 Å². The monoisotopic (exact) mass is 274 g/mol. The number of Topliss-reactive ketones (excluding diaryl/α,β-unsaturated/α-hetero) is 1. The molecule has 1 aromatic rings. The van der Waals surface area contributed by atoms with E-state index < -0.39 is 5.60 Å². The van der Waals surface area contributed by atoms with Crippen molar-refractivity contribution in [3.63, 3.8) is 0 Å². The summed E-state index contributed by atoms with van der Waals surface area (Å²) in [6.07, 6.45) is 5.56. The first-order valence-corrected chi connectivity index (χ1v) is 7.39. The summed E-state index contributed by atoms with van der Waals surface area (Å²) in [6.45, 7) is 1.39. The highest BCUT2D eigenvalue weighted by molar-refractivity contribution is 5.89. The Morgan fingerprint density at radius 2 is 1.75 bits per heavy atom. The van der Waals surface area contributed by atoms with Crippen LogP contribution in [0.3, 0.4) is 0 Å². The quantitative estimate of drug-likeness (QED) is 0.772. The molecule has 20 heavy (non-hydrogen) atoms. The third-order valence-electron chi connectivity index (χ3n) is 3.99. The van der Waals surface area contributed by atoms with Crippen LogP contribution in [0.15, 0.2) is 30.3 Å². The Bertz CT molecular complexity index is 458. The normalized spacial score (nSPS) is 17.4. The van der Waals surface area contributed by atoms with Crippen molar-refractivity contribution >= 4 is 11.8 Å². The van der Waals surface area contributed by atoms with Crippen LogP contribution in [0.25, 0.3) is 0 Å². The first-order valence-electron chi connectivity index (χ1n) is 7.39. The largest absolute Gasteiger partial charge is 0.451 e. The molecule has 0 heterocycles. The van der Waals surface area contributed by atoms with Crippen LogP contribution < -0.4 is 0 Å². The van der Waals surface area contributed by atoms with Crippen molar-refractivity contribution in [2.75, 3.05) is 0 Å². The van der Waals surface area contributed by atoms with E-state index in [9.17, 15) is 9.59 Å². The summed E-state index contributed by atoms with van der Waals surface area (Å²) in [5.41, 5.74) is 0.299. The fourth-order valence-electron chi connectivity index (χ4n) is 2.97. The van der Waals surface area contributed by atoms with Crippen molar-refractivity contribution in [1.82, 2.24) is 0 Å². The van der Waals surface area contributed by atoms with Gasteiger partial charge in [0.05, 0.1) is 0 Å². The van der Waals surface area contributed by atoms with Gasteiger partial charge in [0.1, 0.15) is 0 Å².